The van der Waals surface area contributed by atoms with E-state index in [1.807, 2.05) is 61.0 Å². The fourth-order valence-corrected chi connectivity index (χ4v) is 1.77. The van der Waals surface area contributed by atoms with Gasteiger partial charge < -0.3 is 0 Å². The number of benzene rings is 1. The number of nitrogens with one attached hydrogen (secondary N) is 1. The summed E-state index contributed by atoms with van der Waals surface area (Å²) < 4.78 is 1.67. The van der Waals surface area contributed by atoms with Crippen LogP contribution in [0, 0.1) is 0 Å². The molecule has 1 heterocycles. The first-order valence-electron chi connectivity index (χ1n) is 6.21. The fourth-order valence-electron chi connectivity index (χ4n) is 1.77. The molecule has 1 N–H and O–H groups in total. The average molecular weight is 263 g/mol. The zero-order chi connectivity index (χ0) is 13.6. The van der Waals surface area contributed by atoms with Crippen molar-refractivity contribution in [1.82, 2.24) is 14.9 Å². The number of allylic oxidation sites excluding steroid dienone is 5. The lowest BCUT2D eigenvalue weighted by Crippen LogP contribution is -2.06. The first-order valence-corrected chi connectivity index (χ1v) is 6.21. The Labute approximate surface area is 116 Å². The molecule has 0 bridgehead atoms. The van der Waals surface area contributed by atoms with Gasteiger partial charge in [-0.3, -0.25) is 10.4 Å². The molecule has 0 fully saturated rings. The van der Waals surface area contributed by atoms with E-state index in [4.69, 9.17) is 0 Å². The molecular weight excluding hydrogens is 250 g/mol. The molecule has 20 heavy (non-hydrogen) atoms. The second-order valence-corrected chi connectivity index (χ2v) is 4.17. The lowest BCUT2D eigenvalue weighted by Gasteiger charge is -2.02. The van der Waals surface area contributed by atoms with E-state index < -0.39 is 0 Å². The monoisotopic (exact) mass is 263 g/mol. The summed E-state index contributed by atoms with van der Waals surface area (Å²) in [6, 6.07) is 9.86. The van der Waals surface area contributed by atoms with Gasteiger partial charge in [0.1, 0.15) is 12.7 Å². The Morgan fingerprint density at radius 1 is 1.10 bits per heavy atom. The number of hydrogen-bond acceptors (Lipinski definition) is 4. The molecule has 2 aromatic rings. The number of hydrogen-bond donors (Lipinski definition) is 1. The van der Waals surface area contributed by atoms with E-state index in [0.717, 1.165) is 16.8 Å². The topological polar surface area (TPSA) is 55.1 Å². The molecule has 0 radical (unpaired) electrons. The van der Waals surface area contributed by atoms with Gasteiger partial charge in [0, 0.05) is 23.6 Å². The third kappa shape index (κ3) is 2.89. The van der Waals surface area contributed by atoms with E-state index in [9.17, 15) is 0 Å². The summed E-state index contributed by atoms with van der Waals surface area (Å²) in [6.07, 6.45) is 13.0. The minimum absolute atomic E-state index is 0.936. The van der Waals surface area contributed by atoms with E-state index in [0.29, 0.717) is 0 Å². The van der Waals surface area contributed by atoms with Crippen molar-refractivity contribution >= 4 is 11.9 Å². The zero-order valence-corrected chi connectivity index (χ0v) is 10.7. The van der Waals surface area contributed by atoms with Gasteiger partial charge in [-0.15, -0.1) is 10.2 Å². The average Bonchev–Trinajstić information content (AvgIpc) is 3.15. The van der Waals surface area contributed by atoms with E-state index in [2.05, 4.69) is 20.6 Å². The smallest absolute Gasteiger partial charge is 0.139 e. The summed E-state index contributed by atoms with van der Waals surface area (Å²) in [5.74, 6) is 0. The van der Waals surface area contributed by atoms with E-state index >= 15 is 0 Å². The molecule has 5 nitrogen and oxygen atoms in total. The molecular formula is C15H13N5. The second-order valence-electron chi connectivity index (χ2n) is 4.17. The minimum Gasteiger partial charge on any atom is -0.299 e. The summed E-state index contributed by atoms with van der Waals surface area (Å²) >= 11 is 0. The lowest BCUT2D eigenvalue weighted by atomic mass is 10.2. The van der Waals surface area contributed by atoms with E-state index in [1.54, 1.807) is 17.3 Å². The summed E-state index contributed by atoms with van der Waals surface area (Å²) in [6.45, 7) is 0. The largest absolute Gasteiger partial charge is 0.299 e. The minimum atomic E-state index is 0.936. The number of aliphatic imine (C=N–C) groups is 1. The maximum atomic E-state index is 4.45. The molecule has 0 saturated carbocycles. The second kappa shape index (κ2) is 5.79. The van der Waals surface area contributed by atoms with Crippen molar-refractivity contribution < 1.29 is 0 Å². The van der Waals surface area contributed by atoms with Crippen molar-refractivity contribution in [3.63, 3.8) is 0 Å². The first kappa shape index (κ1) is 12.1. The summed E-state index contributed by atoms with van der Waals surface area (Å²) in [5, 5.41) is 7.45. The molecule has 1 aliphatic carbocycles. The van der Waals surface area contributed by atoms with Gasteiger partial charge in [0.05, 0.1) is 5.69 Å². The number of aromatic nitrogens is 3. The van der Waals surface area contributed by atoms with Gasteiger partial charge in [-0.1, -0.05) is 36.4 Å². The van der Waals surface area contributed by atoms with Gasteiger partial charge in [0.25, 0.3) is 0 Å². The number of rotatable bonds is 4. The molecule has 5 heteroatoms. The Balaban J connectivity index is 1.70. The van der Waals surface area contributed by atoms with Crippen LogP contribution in [0.2, 0.25) is 0 Å². The SMILES string of the molecule is C1=CC(=CNn2cnnc2)C(C=Nc2ccccc2)=C1. The van der Waals surface area contributed by atoms with Crippen molar-refractivity contribution in [3.05, 3.63) is 78.6 Å². The summed E-state index contributed by atoms with van der Waals surface area (Å²) in [7, 11) is 0. The van der Waals surface area contributed by atoms with Crippen LogP contribution < -0.4 is 5.43 Å². The van der Waals surface area contributed by atoms with Crippen molar-refractivity contribution in [1.29, 1.82) is 0 Å². The van der Waals surface area contributed by atoms with Crippen LogP contribution in [0.5, 0.6) is 0 Å². The van der Waals surface area contributed by atoms with Crippen LogP contribution in [0.4, 0.5) is 5.69 Å². The van der Waals surface area contributed by atoms with Crippen molar-refractivity contribution in [2.45, 2.75) is 0 Å². The predicted octanol–water partition coefficient (Wildman–Crippen LogP) is 2.60. The van der Waals surface area contributed by atoms with E-state index in [1.165, 1.54) is 0 Å². The van der Waals surface area contributed by atoms with Crippen LogP contribution in [0.1, 0.15) is 0 Å². The Morgan fingerprint density at radius 3 is 2.70 bits per heavy atom. The summed E-state index contributed by atoms with van der Waals surface area (Å²) in [4.78, 5) is 4.45. The molecule has 3 rings (SSSR count). The van der Waals surface area contributed by atoms with Gasteiger partial charge >= 0.3 is 0 Å². The van der Waals surface area contributed by atoms with Crippen LogP contribution in [-0.2, 0) is 0 Å². The van der Waals surface area contributed by atoms with Crippen molar-refractivity contribution in [3.8, 4) is 0 Å². The quantitative estimate of drug-likeness (QED) is 0.863. The van der Waals surface area contributed by atoms with Crippen molar-refractivity contribution in [2.75, 3.05) is 5.43 Å². The predicted molar refractivity (Wildman–Crippen MR) is 79.3 cm³/mol. The fraction of sp³-hybridized carbons (Fsp3) is 0. The molecule has 0 aliphatic heterocycles. The maximum absolute atomic E-state index is 4.45. The molecule has 1 aromatic heterocycles. The molecule has 0 spiro atoms. The molecule has 0 atom stereocenters. The Kier molecular flexibility index (Phi) is 3.51. The van der Waals surface area contributed by atoms with Gasteiger partial charge in [0.15, 0.2) is 0 Å². The van der Waals surface area contributed by atoms with Crippen LogP contribution in [0.15, 0.2) is 83.6 Å². The molecule has 0 amide bonds. The number of para-hydroxylation sites is 1. The Morgan fingerprint density at radius 2 is 1.90 bits per heavy atom. The van der Waals surface area contributed by atoms with Gasteiger partial charge in [-0.05, 0) is 12.1 Å². The summed E-state index contributed by atoms with van der Waals surface area (Å²) in [5.41, 5.74) is 6.11. The lowest BCUT2D eigenvalue weighted by molar-refractivity contribution is 0.945. The van der Waals surface area contributed by atoms with Crippen LogP contribution in [0.25, 0.3) is 0 Å². The van der Waals surface area contributed by atoms with Gasteiger partial charge in [-0.25, -0.2) is 4.68 Å². The number of nitrogens with zero attached hydrogens (tertiary/aromatic N) is 4. The maximum Gasteiger partial charge on any atom is 0.139 e. The van der Waals surface area contributed by atoms with E-state index in [-0.39, 0.29) is 0 Å². The molecule has 0 unspecified atom stereocenters. The molecule has 98 valence electrons. The normalized spacial score (nSPS) is 16.0. The van der Waals surface area contributed by atoms with Crippen molar-refractivity contribution in [2.24, 2.45) is 4.99 Å². The Bertz CT molecular complexity index is 678. The Hall–Kier alpha value is -2.95. The highest BCUT2D eigenvalue weighted by Crippen LogP contribution is 2.18. The highest BCUT2D eigenvalue weighted by Gasteiger charge is 2.03. The first-order chi connectivity index (χ1) is 9.92. The zero-order valence-electron chi connectivity index (χ0n) is 10.7. The van der Waals surface area contributed by atoms with Crippen LogP contribution in [-0.4, -0.2) is 21.1 Å². The highest BCUT2D eigenvalue weighted by molar-refractivity contribution is 5.89. The molecule has 1 aliphatic rings. The highest BCUT2D eigenvalue weighted by atomic mass is 15.5. The standard InChI is InChI=1S/C15H13N5/c1-2-7-15(8-3-1)16-9-13-5-4-6-14(13)10-19-20-11-17-18-12-20/h1-12,19H. The molecule has 0 saturated heterocycles. The third-order valence-corrected chi connectivity index (χ3v) is 2.78. The molecule has 1 aromatic carbocycles. The van der Waals surface area contributed by atoms with Gasteiger partial charge in [0.2, 0.25) is 0 Å². The third-order valence-electron chi connectivity index (χ3n) is 2.78. The van der Waals surface area contributed by atoms with Crippen LogP contribution in [0.3, 0.4) is 0 Å². The van der Waals surface area contributed by atoms with Crippen LogP contribution >= 0.6 is 0 Å². The van der Waals surface area contributed by atoms with Gasteiger partial charge in [-0.2, -0.15) is 0 Å².